The Morgan fingerprint density at radius 1 is 1.37 bits per heavy atom. The van der Waals surface area contributed by atoms with Crippen molar-refractivity contribution in [3.63, 3.8) is 0 Å². The molecule has 2 aromatic rings. The minimum absolute atomic E-state index is 0.0154. The third-order valence-electron chi connectivity index (χ3n) is 4.47. The van der Waals surface area contributed by atoms with Crippen LogP contribution in [0.1, 0.15) is 35.5 Å². The number of hydrogen-bond donors (Lipinski definition) is 1. The van der Waals surface area contributed by atoms with Crippen LogP contribution in [0.3, 0.4) is 0 Å². The zero-order valence-corrected chi connectivity index (χ0v) is 16.3. The number of rotatable bonds is 6. The van der Waals surface area contributed by atoms with Crippen LogP contribution < -0.4 is 5.32 Å². The maximum Gasteiger partial charge on any atom is 0.266 e. The van der Waals surface area contributed by atoms with Crippen molar-refractivity contribution in [2.24, 2.45) is 0 Å². The van der Waals surface area contributed by atoms with E-state index in [1.165, 1.54) is 18.2 Å². The van der Waals surface area contributed by atoms with Crippen LogP contribution in [0.5, 0.6) is 0 Å². The van der Waals surface area contributed by atoms with Gasteiger partial charge in [-0.3, -0.25) is 4.79 Å². The average molecular weight is 369 g/mol. The Morgan fingerprint density at radius 3 is 2.67 bits per heavy atom. The molecule has 1 aromatic carbocycles. The Balaban J connectivity index is 2.32. The Hall–Kier alpha value is -2.91. The summed E-state index contributed by atoms with van der Waals surface area (Å²) in [7, 11) is 1.65. The molecule has 0 aliphatic rings. The molecule has 0 fully saturated rings. The molecule has 1 atom stereocenters. The van der Waals surface area contributed by atoms with Gasteiger partial charge >= 0.3 is 0 Å². The third kappa shape index (κ3) is 4.63. The van der Waals surface area contributed by atoms with E-state index in [4.69, 9.17) is 4.74 Å². The van der Waals surface area contributed by atoms with Gasteiger partial charge in [-0.2, -0.15) is 5.26 Å². The summed E-state index contributed by atoms with van der Waals surface area (Å²) in [6.07, 6.45) is 1.58. The summed E-state index contributed by atoms with van der Waals surface area (Å²) in [6.45, 7) is 8.23. The van der Waals surface area contributed by atoms with Gasteiger partial charge in [-0.15, -0.1) is 0 Å². The monoisotopic (exact) mass is 369 g/mol. The van der Waals surface area contributed by atoms with Crippen LogP contribution in [-0.4, -0.2) is 24.2 Å². The van der Waals surface area contributed by atoms with E-state index in [-0.39, 0.29) is 17.4 Å². The van der Waals surface area contributed by atoms with Crippen LogP contribution in [0.4, 0.5) is 10.1 Å². The second-order valence-electron chi connectivity index (χ2n) is 6.58. The Labute approximate surface area is 159 Å². The van der Waals surface area contributed by atoms with Gasteiger partial charge in [-0.1, -0.05) is 0 Å². The molecule has 0 radical (unpaired) electrons. The number of benzene rings is 1. The molecule has 0 saturated heterocycles. The standard InChI is InChI=1S/C21H24FN3O2/c1-13-8-19(22)6-7-20(13)24-21(26)18(11-23)10-17-9-14(2)25(16(17)4)15(3)12-27-5/h6-10,15H,12H2,1-5H3,(H,24,26)/b18-10-. The van der Waals surface area contributed by atoms with Crippen LogP contribution in [0.25, 0.3) is 6.08 Å². The molecule has 1 heterocycles. The van der Waals surface area contributed by atoms with Crippen molar-refractivity contribution < 1.29 is 13.9 Å². The number of anilines is 1. The fourth-order valence-corrected chi connectivity index (χ4v) is 3.20. The Morgan fingerprint density at radius 2 is 2.07 bits per heavy atom. The number of nitrogens with one attached hydrogen (secondary N) is 1. The number of halogens is 1. The van der Waals surface area contributed by atoms with Crippen LogP contribution >= 0.6 is 0 Å². The van der Waals surface area contributed by atoms with Gasteiger partial charge in [0.15, 0.2) is 0 Å². The number of hydrogen-bond acceptors (Lipinski definition) is 3. The molecular formula is C21H24FN3O2. The zero-order chi connectivity index (χ0) is 20.1. The van der Waals surface area contributed by atoms with E-state index in [1.807, 2.05) is 32.9 Å². The summed E-state index contributed by atoms with van der Waals surface area (Å²) in [6, 6.07) is 8.11. The number of carbonyl (C=O) groups is 1. The molecule has 1 N–H and O–H groups in total. The lowest BCUT2D eigenvalue weighted by Gasteiger charge is -2.17. The second-order valence-corrected chi connectivity index (χ2v) is 6.58. The molecule has 0 saturated carbocycles. The molecule has 1 amide bonds. The molecule has 5 nitrogen and oxygen atoms in total. The van der Waals surface area contributed by atoms with Gasteiger partial charge in [0.05, 0.1) is 12.6 Å². The summed E-state index contributed by atoms with van der Waals surface area (Å²) in [4.78, 5) is 12.5. The summed E-state index contributed by atoms with van der Waals surface area (Å²) in [5.41, 5.74) is 3.83. The molecule has 1 aromatic heterocycles. The van der Waals surface area contributed by atoms with Gasteiger partial charge in [0.1, 0.15) is 17.5 Å². The molecule has 0 spiro atoms. The first-order valence-electron chi connectivity index (χ1n) is 8.65. The van der Waals surface area contributed by atoms with Crippen molar-refractivity contribution in [2.45, 2.75) is 33.7 Å². The number of methoxy groups -OCH3 is 1. The summed E-state index contributed by atoms with van der Waals surface area (Å²) in [5.74, 6) is -0.902. The van der Waals surface area contributed by atoms with E-state index >= 15 is 0 Å². The topological polar surface area (TPSA) is 67.0 Å². The molecular weight excluding hydrogens is 345 g/mol. The summed E-state index contributed by atoms with van der Waals surface area (Å²) >= 11 is 0. The van der Waals surface area contributed by atoms with Crippen molar-refractivity contribution in [1.82, 2.24) is 4.57 Å². The van der Waals surface area contributed by atoms with E-state index in [1.54, 1.807) is 20.1 Å². The van der Waals surface area contributed by atoms with Crippen LogP contribution in [0.15, 0.2) is 29.8 Å². The van der Waals surface area contributed by atoms with Crippen LogP contribution in [-0.2, 0) is 9.53 Å². The first kappa shape index (κ1) is 20.4. The van der Waals surface area contributed by atoms with E-state index in [0.29, 0.717) is 17.9 Å². The van der Waals surface area contributed by atoms with E-state index in [9.17, 15) is 14.4 Å². The Kier molecular flexibility index (Phi) is 6.54. The highest BCUT2D eigenvalue weighted by molar-refractivity contribution is 6.10. The van der Waals surface area contributed by atoms with Gasteiger partial charge in [-0.25, -0.2) is 4.39 Å². The normalized spacial score (nSPS) is 12.6. The van der Waals surface area contributed by atoms with Crippen LogP contribution in [0.2, 0.25) is 0 Å². The minimum atomic E-state index is -0.526. The highest BCUT2D eigenvalue weighted by Crippen LogP contribution is 2.23. The maximum atomic E-state index is 13.2. The van der Waals surface area contributed by atoms with E-state index in [0.717, 1.165) is 17.0 Å². The van der Waals surface area contributed by atoms with Crippen molar-refractivity contribution in [3.8, 4) is 6.07 Å². The van der Waals surface area contributed by atoms with E-state index in [2.05, 4.69) is 9.88 Å². The van der Waals surface area contributed by atoms with Crippen molar-refractivity contribution >= 4 is 17.7 Å². The number of carbonyl (C=O) groups excluding carboxylic acids is 1. The first-order chi connectivity index (χ1) is 12.8. The lowest BCUT2D eigenvalue weighted by Crippen LogP contribution is -2.15. The molecule has 142 valence electrons. The lowest BCUT2D eigenvalue weighted by molar-refractivity contribution is -0.112. The highest BCUT2D eigenvalue weighted by atomic mass is 19.1. The summed E-state index contributed by atoms with van der Waals surface area (Å²) < 4.78 is 20.6. The fourth-order valence-electron chi connectivity index (χ4n) is 3.20. The molecule has 1 unspecified atom stereocenters. The second kappa shape index (κ2) is 8.65. The van der Waals surface area contributed by atoms with Gasteiger partial charge in [0.2, 0.25) is 0 Å². The zero-order valence-electron chi connectivity index (χ0n) is 16.3. The molecule has 6 heteroatoms. The molecule has 0 aliphatic carbocycles. The van der Waals surface area contributed by atoms with Crippen LogP contribution in [0, 0.1) is 37.9 Å². The summed E-state index contributed by atoms with van der Waals surface area (Å²) in [5, 5.41) is 12.1. The number of aromatic nitrogens is 1. The molecule has 2 rings (SSSR count). The highest BCUT2D eigenvalue weighted by Gasteiger charge is 2.16. The largest absolute Gasteiger partial charge is 0.383 e. The van der Waals surface area contributed by atoms with E-state index < -0.39 is 5.91 Å². The lowest BCUT2D eigenvalue weighted by atomic mass is 10.1. The maximum absolute atomic E-state index is 13.2. The van der Waals surface area contributed by atoms with Gasteiger partial charge in [0.25, 0.3) is 5.91 Å². The first-order valence-corrected chi connectivity index (χ1v) is 8.65. The number of aryl methyl sites for hydroxylation is 2. The van der Waals surface area contributed by atoms with Crippen molar-refractivity contribution in [3.05, 3.63) is 58.2 Å². The number of nitriles is 1. The van der Waals surface area contributed by atoms with Crippen molar-refractivity contribution in [1.29, 1.82) is 5.26 Å². The third-order valence-corrected chi connectivity index (χ3v) is 4.47. The molecule has 0 bridgehead atoms. The SMILES string of the molecule is COCC(C)n1c(C)cc(/C=C(/C#N)C(=O)Nc2ccc(F)cc2C)c1C. The van der Waals surface area contributed by atoms with Crippen molar-refractivity contribution in [2.75, 3.05) is 19.0 Å². The predicted molar refractivity (Wildman–Crippen MR) is 104 cm³/mol. The van der Waals surface area contributed by atoms with Gasteiger partial charge < -0.3 is 14.6 Å². The van der Waals surface area contributed by atoms with Gasteiger partial charge in [0, 0.05) is 24.2 Å². The molecule has 27 heavy (non-hydrogen) atoms. The smallest absolute Gasteiger partial charge is 0.266 e. The van der Waals surface area contributed by atoms with Gasteiger partial charge in [-0.05, 0) is 69.2 Å². The predicted octanol–water partition coefficient (Wildman–Crippen LogP) is 4.31. The number of nitrogens with zero attached hydrogens (tertiary/aromatic N) is 2. The number of amides is 1. The number of ether oxygens (including phenoxy) is 1. The average Bonchev–Trinajstić information content (AvgIpc) is 2.88. The quantitative estimate of drug-likeness (QED) is 0.610. The Bertz CT molecular complexity index is 922. The molecule has 0 aliphatic heterocycles. The fraction of sp³-hybridized carbons (Fsp3) is 0.333. The minimum Gasteiger partial charge on any atom is -0.383 e.